The van der Waals surface area contributed by atoms with Crippen molar-refractivity contribution in [2.45, 2.75) is 31.0 Å². The highest BCUT2D eigenvalue weighted by Gasteiger charge is 2.39. The number of carbonyl (C=O) groups is 1. The number of halogens is 4. The Morgan fingerprint density at radius 3 is 2.45 bits per heavy atom. The molecule has 0 unspecified atom stereocenters. The van der Waals surface area contributed by atoms with Crippen LogP contribution < -0.4 is 5.32 Å². The molecule has 0 saturated heterocycles. The minimum Gasteiger partial charge on any atom is -0.334 e. The molecule has 7 heteroatoms. The molecule has 2 rings (SSSR count). The van der Waals surface area contributed by atoms with Crippen LogP contribution in [0.2, 0.25) is 0 Å². The fourth-order valence-corrected chi connectivity index (χ4v) is 1.96. The smallest absolute Gasteiger partial charge is 0.334 e. The van der Waals surface area contributed by atoms with Crippen LogP contribution in [0.15, 0.2) is 18.2 Å². The lowest BCUT2D eigenvalue weighted by Gasteiger charge is -2.35. The number of hydrogen-bond acceptors (Lipinski definition) is 2. The number of amides is 1. The van der Waals surface area contributed by atoms with Crippen molar-refractivity contribution in [2.75, 3.05) is 0 Å². The van der Waals surface area contributed by atoms with Gasteiger partial charge >= 0.3 is 6.18 Å². The number of benzene rings is 1. The highest BCUT2D eigenvalue weighted by molar-refractivity contribution is 5.95. The minimum atomic E-state index is -4.66. The zero-order chi connectivity index (χ0) is 15.0. The first-order valence-electron chi connectivity index (χ1n) is 5.88. The summed E-state index contributed by atoms with van der Waals surface area (Å²) in [7, 11) is 0. The Balaban J connectivity index is 2.28. The van der Waals surface area contributed by atoms with Gasteiger partial charge in [-0.15, -0.1) is 0 Å². The van der Waals surface area contributed by atoms with Gasteiger partial charge in [0.2, 0.25) is 0 Å². The molecule has 0 bridgehead atoms. The fourth-order valence-electron chi connectivity index (χ4n) is 1.96. The maximum Gasteiger partial charge on any atom is 0.416 e. The van der Waals surface area contributed by atoms with E-state index in [2.05, 4.69) is 5.32 Å². The summed E-state index contributed by atoms with van der Waals surface area (Å²) in [5.41, 5.74) is -2.90. The topological polar surface area (TPSA) is 52.9 Å². The Morgan fingerprint density at radius 1 is 1.35 bits per heavy atom. The summed E-state index contributed by atoms with van der Waals surface area (Å²) >= 11 is 0. The largest absolute Gasteiger partial charge is 0.416 e. The van der Waals surface area contributed by atoms with Gasteiger partial charge in [-0.1, -0.05) is 0 Å². The first-order valence-corrected chi connectivity index (χ1v) is 5.88. The van der Waals surface area contributed by atoms with Gasteiger partial charge in [0, 0.05) is 0 Å². The van der Waals surface area contributed by atoms with Crippen LogP contribution in [0.3, 0.4) is 0 Å². The third-order valence-corrected chi connectivity index (χ3v) is 3.31. The van der Waals surface area contributed by atoms with Crippen molar-refractivity contribution < 1.29 is 22.4 Å². The molecule has 1 fully saturated rings. The Hall–Kier alpha value is -2.10. The van der Waals surface area contributed by atoms with Gasteiger partial charge in [0.25, 0.3) is 5.91 Å². The van der Waals surface area contributed by atoms with Crippen LogP contribution in [0.4, 0.5) is 17.6 Å². The first-order chi connectivity index (χ1) is 9.27. The summed E-state index contributed by atoms with van der Waals surface area (Å²) < 4.78 is 51.1. The SMILES string of the molecule is N#CC1(NC(=O)c2cc(C(F)(F)F)ccc2F)CCC1. The maximum atomic E-state index is 13.5. The second kappa shape index (κ2) is 4.78. The Labute approximate surface area is 112 Å². The highest BCUT2D eigenvalue weighted by atomic mass is 19.4. The number of nitrogens with zero attached hydrogens (tertiary/aromatic N) is 1. The Bertz CT molecular complexity index is 585. The molecule has 20 heavy (non-hydrogen) atoms. The second-order valence-corrected chi connectivity index (χ2v) is 4.69. The fraction of sp³-hybridized carbons (Fsp3) is 0.385. The van der Waals surface area contributed by atoms with Crippen LogP contribution in [-0.2, 0) is 6.18 Å². The lowest BCUT2D eigenvalue weighted by molar-refractivity contribution is -0.137. The number of nitriles is 1. The third kappa shape index (κ3) is 2.59. The predicted octanol–water partition coefficient (Wildman–Crippen LogP) is 3.02. The predicted molar refractivity (Wildman–Crippen MR) is 61.1 cm³/mol. The molecule has 106 valence electrons. The molecule has 1 amide bonds. The van der Waals surface area contributed by atoms with Crippen molar-refractivity contribution in [2.24, 2.45) is 0 Å². The van der Waals surface area contributed by atoms with Gasteiger partial charge in [-0.2, -0.15) is 18.4 Å². The molecule has 3 nitrogen and oxygen atoms in total. The monoisotopic (exact) mass is 286 g/mol. The van der Waals surface area contributed by atoms with Crippen molar-refractivity contribution in [1.29, 1.82) is 5.26 Å². The molecular weight excluding hydrogens is 276 g/mol. The van der Waals surface area contributed by atoms with Gasteiger partial charge in [-0.25, -0.2) is 4.39 Å². The normalized spacial score (nSPS) is 16.9. The minimum absolute atomic E-state index is 0.413. The van der Waals surface area contributed by atoms with Crippen molar-refractivity contribution in [1.82, 2.24) is 5.32 Å². The van der Waals surface area contributed by atoms with Crippen LogP contribution in [-0.4, -0.2) is 11.4 Å². The molecular formula is C13H10F4N2O. The lowest BCUT2D eigenvalue weighted by Crippen LogP contribution is -2.52. The van der Waals surface area contributed by atoms with Gasteiger partial charge in [0.1, 0.15) is 11.4 Å². The molecule has 1 aliphatic rings. The van der Waals surface area contributed by atoms with Crippen LogP contribution in [0.25, 0.3) is 0 Å². The number of rotatable bonds is 2. The van der Waals surface area contributed by atoms with E-state index < -0.39 is 34.6 Å². The van der Waals surface area contributed by atoms with E-state index in [-0.39, 0.29) is 0 Å². The van der Waals surface area contributed by atoms with Crippen LogP contribution in [0.5, 0.6) is 0 Å². The number of nitrogens with one attached hydrogen (secondary N) is 1. The zero-order valence-electron chi connectivity index (χ0n) is 10.2. The van der Waals surface area contributed by atoms with E-state index in [1.54, 1.807) is 0 Å². The molecule has 1 saturated carbocycles. The van der Waals surface area contributed by atoms with Crippen LogP contribution in [0, 0.1) is 17.1 Å². The summed E-state index contributed by atoms with van der Waals surface area (Å²) in [6, 6.07) is 3.52. The molecule has 0 atom stereocenters. The molecule has 0 heterocycles. The third-order valence-electron chi connectivity index (χ3n) is 3.31. The summed E-state index contributed by atoms with van der Waals surface area (Å²) in [4.78, 5) is 11.8. The Morgan fingerprint density at radius 2 is 2.00 bits per heavy atom. The van der Waals surface area contributed by atoms with Crippen LogP contribution in [0.1, 0.15) is 35.2 Å². The van der Waals surface area contributed by atoms with E-state index in [1.165, 1.54) is 0 Å². The van der Waals surface area contributed by atoms with Crippen molar-refractivity contribution in [3.05, 3.63) is 35.1 Å². The maximum absolute atomic E-state index is 13.5. The van der Waals surface area contributed by atoms with Crippen molar-refractivity contribution in [3.8, 4) is 6.07 Å². The summed E-state index contributed by atoms with van der Waals surface area (Å²) in [6.45, 7) is 0. The van der Waals surface area contributed by atoms with E-state index in [0.29, 0.717) is 31.0 Å². The lowest BCUT2D eigenvalue weighted by atomic mass is 9.78. The number of alkyl halides is 3. The van der Waals surface area contributed by atoms with E-state index in [1.807, 2.05) is 6.07 Å². The molecule has 0 radical (unpaired) electrons. The zero-order valence-corrected chi connectivity index (χ0v) is 10.2. The summed E-state index contributed by atoms with van der Waals surface area (Å²) in [6.07, 6.45) is -3.10. The molecule has 1 aliphatic carbocycles. The second-order valence-electron chi connectivity index (χ2n) is 4.69. The van der Waals surface area contributed by atoms with Crippen molar-refractivity contribution in [3.63, 3.8) is 0 Å². The average Bonchev–Trinajstić information content (AvgIpc) is 2.32. The van der Waals surface area contributed by atoms with E-state index in [4.69, 9.17) is 5.26 Å². The molecule has 1 N–H and O–H groups in total. The van der Waals surface area contributed by atoms with Gasteiger partial charge in [-0.05, 0) is 37.5 Å². The molecule has 0 aromatic heterocycles. The van der Waals surface area contributed by atoms with E-state index in [0.717, 1.165) is 6.42 Å². The quantitative estimate of drug-likeness (QED) is 0.850. The van der Waals surface area contributed by atoms with Gasteiger partial charge in [-0.3, -0.25) is 4.79 Å². The molecule has 1 aromatic rings. The molecule has 0 spiro atoms. The standard InChI is InChI=1S/C13H10F4N2O/c14-10-3-2-8(13(15,16)17)6-9(10)11(20)19-12(7-18)4-1-5-12/h2-3,6H,1,4-5H2,(H,19,20). The molecule has 1 aromatic carbocycles. The number of hydrogen-bond donors (Lipinski definition) is 1. The van der Waals surface area contributed by atoms with Gasteiger partial charge < -0.3 is 5.32 Å². The van der Waals surface area contributed by atoms with Crippen LogP contribution >= 0.6 is 0 Å². The summed E-state index contributed by atoms with van der Waals surface area (Å²) in [5, 5.41) is 11.3. The van der Waals surface area contributed by atoms with Gasteiger partial charge in [0.15, 0.2) is 0 Å². The average molecular weight is 286 g/mol. The first kappa shape index (κ1) is 14.3. The van der Waals surface area contributed by atoms with Crippen molar-refractivity contribution >= 4 is 5.91 Å². The highest BCUT2D eigenvalue weighted by Crippen LogP contribution is 2.33. The Kier molecular flexibility index (Phi) is 3.42. The summed E-state index contributed by atoms with van der Waals surface area (Å²) in [5.74, 6) is -2.06. The van der Waals surface area contributed by atoms with Gasteiger partial charge in [0.05, 0.1) is 17.2 Å². The van der Waals surface area contributed by atoms with E-state index >= 15 is 0 Å². The van der Waals surface area contributed by atoms with E-state index in [9.17, 15) is 22.4 Å². The molecule has 0 aliphatic heterocycles. The number of carbonyl (C=O) groups excluding carboxylic acids is 1.